The largest absolute Gasteiger partial charge is 0.673 e. The first kappa shape index (κ1) is 23.9. The van der Waals surface area contributed by atoms with Crippen molar-refractivity contribution in [1.29, 1.82) is 0 Å². The molecule has 7 heteroatoms. The van der Waals surface area contributed by atoms with Crippen molar-refractivity contribution in [2.75, 3.05) is 0 Å². The Balaban J connectivity index is 0.000000575. The molecule has 0 amide bonds. The zero-order valence-electron chi connectivity index (χ0n) is 17.2. The Morgan fingerprint density at radius 1 is 0.600 bits per heavy atom. The summed E-state index contributed by atoms with van der Waals surface area (Å²) >= 11 is 0. The summed E-state index contributed by atoms with van der Waals surface area (Å²) < 4.78 is 39.0. The number of hydrogen-bond acceptors (Lipinski definition) is 0. The van der Waals surface area contributed by atoms with Gasteiger partial charge in [0.25, 0.3) is 0 Å². The predicted molar refractivity (Wildman–Crippen MR) is 126 cm³/mol. The molecule has 0 heterocycles. The molecule has 0 bridgehead atoms. The Morgan fingerprint density at radius 3 is 1.10 bits per heavy atom. The maximum absolute atomic E-state index is 9.75. The van der Waals surface area contributed by atoms with Gasteiger partial charge in [0.15, 0.2) is 7.26 Å². The molecular weight excluding hydrogens is 422 g/mol. The molecule has 0 unspecified atom stereocenters. The van der Waals surface area contributed by atoms with Gasteiger partial charge in [0.2, 0.25) is 0 Å². The third-order valence-electron chi connectivity index (χ3n) is 4.03. The lowest BCUT2D eigenvalue weighted by Crippen LogP contribution is -2.30. The second-order valence-electron chi connectivity index (χ2n) is 7.66. The molecule has 3 aromatic carbocycles. The monoisotopic (exact) mass is 446 g/mol. The maximum atomic E-state index is 9.75. The molecule has 0 spiro atoms. The molecule has 0 saturated carbocycles. The third kappa shape index (κ3) is 7.16. The quantitative estimate of drug-likeness (QED) is 0.197. The van der Waals surface area contributed by atoms with E-state index in [0.29, 0.717) is 0 Å². The normalized spacial score (nSPS) is 11.6. The van der Waals surface area contributed by atoms with Gasteiger partial charge in [0.1, 0.15) is 24.0 Å². The molecule has 0 N–H and O–H groups in total. The van der Waals surface area contributed by atoms with E-state index < -0.39 is 22.6 Å². The zero-order valence-corrected chi connectivity index (χ0v) is 19.1. The van der Waals surface area contributed by atoms with E-state index in [9.17, 15) is 17.3 Å². The maximum Gasteiger partial charge on any atom is 0.673 e. The van der Waals surface area contributed by atoms with Gasteiger partial charge >= 0.3 is 7.25 Å². The highest BCUT2D eigenvalue weighted by Crippen LogP contribution is 2.54. The number of hydrogen-bond donors (Lipinski definition) is 0. The van der Waals surface area contributed by atoms with Gasteiger partial charge in [-0.2, -0.15) is 0 Å². The third-order valence-corrected chi connectivity index (χ3v) is 8.78. The summed E-state index contributed by atoms with van der Waals surface area (Å²) in [7, 11) is -9.48. The van der Waals surface area contributed by atoms with Gasteiger partial charge < -0.3 is 17.3 Å². The molecule has 0 saturated heterocycles. The summed E-state index contributed by atoms with van der Waals surface area (Å²) in [4.78, 5) is 0. The molecule has 0 atom stereocenters. The molecular formula is C23H24BF4PSi. The number of halogens is 4. The summed E-state index contributed by atoms with van der Waals surface area (Å²) in [6, 6.07) is 32.5. The topological polar surface area (TPSA) is 0 Å². The van der Waals surface area contributed by atoms with E-state index in [4.69, 9.17) is 0 Å². The fourth-order valence-corrected chi connectivity index (χ4v) is 8.00. The molecule has 3 aromatic rings. The van der Waals surface area contributed by atoms with Crippen LogP contribution in [-0.2, 0) is 0 Å². The fraction of sp³-hybridized carbons (Fsp3) is 0.130. The second-order valence-corrected chi connectivity index (χ2v) is 15.5. The van der Waals surface area contributed by atoms with Crippen molar-refractivity contribution in [2.45, 2.75) is 19.6 Å². The van der Waals surface area contributed by atoms with E-state index in [1.54, 1.807) is 0 Å². The first-order chi connectivity index (χ1) is 14.0. The van der Waals surface area contributed by atoms with E-state index in [2.05, 4.69) is 122 Å². The predicted octanol–water partition coefficient (Wildman–Crippen LogP) is 6.12. The molecule has 0 radical (unpaired) electrons. The fourth-order valence-electron chi connectivity index (χ4n) is 2.85. The molecule has 156 valence electrons. The van der Waals surface area contributed by atoms with E-state index in [-0.39, 0.29) is 0 Å². The van der Waals surface area contributed by atoms with Crippen LogP contribution in [0, 0.1) is 11.2 Å². The van der Waals surface area contributed by atoms with E-state index in [0.717, 1.165) is 0 Å². The number of benzene rings is 3. The van der Waals surface area contributed by atoms with Crippen LogP contribution in [0.4, 0.5) is 17.3 Å². The average molecular weight is 446 g/mol. The van der Waals surface area contributed by atoms with Crippen molar-refractivity contribution >= 4 is 38.5 Å². The Bertz CT molecular complexity index is 874. The molecule has 0 aromatic heterocycles. The molecule has 0 aliphatic carbocycles. The zero-order chi connectivity index (χ0) is 22.3. The van der Waals surface area contributed by atoms with Gasteiger partial charge in [0, 0.05) is 0 Å². The minimum Gasteiger partial charge on any atom is -0.418 e. The van der Waals surface area contributed by atoms with Gasteiger partial charge in [-0.15, -0.1) is 0 Å². The Morgan fingerprint density at radius 2 is 0.867 bits per heavy atom. The van der Waals surface area contributed by atoms with Crippen molar-refractivity contribution in [1.82, 2.24) is 0 Å². The molecule has 0 nitrogen and oxygen atoms in total. The molecule has 0 aliphatic heterocycles. The van der Waals surface area contributed by atoms with Gasteiger partial charge in [-0.1, -0.05) is 79.8 Å². The van der Waals surface area contributed by atoms with Crippen LogP contribution >= 0.6 is 7.26 Å². The Kier molecular flexibility index (Phi) is 8.06. The van der Waals surface area contributed by atoms with Crippen molar-refractivity contribution < 1.29 is 17.3 Å². The van der Waals surface area contributed by atoms with Gasteiger partial charge in [-0.05, 0) is 36.4 Å². The first-order valence-electron chi connectivity index (χ1n) is 9.50. The smallest absolute Gasteiger partial charge is 0.418 e. The Labute approximate surface area is 177 Å². The van der Waals surface area contributed by atoms with Crippen molar-refractivity contribution in [2.24, 2.45) is 0 Å². The summed E-state index contributed by atoms with van der Waals surface area (Å²) in [6.45, 7) is 6.95. The van der Waals surface area contributed by atoms with Crippen molar-refractivity contribution in [3.8, 4) is 11.2 Å². The lowest BCUT2D eigenvalue weighted by Gasteiger charge is -2.21. The average Bonchev–Trinajstić information content (AvgIpc) is 2.69. The number of rotatable bonds is 3. The molecule has 30 heavy (non-hydrogen) atoms. The van der Waals surface area contributed by atoms with Crippen LogP contribution in [0.15, 0.2) is 91.0 Å². The SMILES string of the molecule is C[Si](C)(C)C#C[P+](c1ccccc1)(c1ccccc1)c1ccccc1.F[B-](F)(F)F. The van der Waals surface area contributed by atoms with Gasteiger partial charge in [0.05, 0.1) is 5.66 Å². The van der Waals surface area contributed by atoms with Gasteiger partial charge in [-0.25, -0.2) is 0 Å². The lowest BCUT2D eigenvalue weighted by molar-refractivity contribution is 0.368. The summed E-state index contributed by atoms with van der Waals surface area (Å²) in [6.07, 6.45) is 0. The van der Waals surface area contributed by atoms with Crippen molar-refractivity contribution in [3.63, 3.8) is 0 Å². The van der Waals surface area contributed by atoms with Crippen LogP contribution in [0.3, 0.4) is 0 Å². The summed E-state index contributed by atoms with van der Waals surface area (Å²) in [5, 5.41) is 3.99. The first-order valence-corrected chi connectivity index (χ1v) is 14.8. The molecule has 0 fully saturated rings. The van der Waals surface area contributed by atoms with E-state index in [1.807, 2.05) is 0 Å². The van der Waals surface area contributed by atoms with Crippen LogP contribution in [0.5, 0.6) is 0 Å². The second kappa shape index (κ2) is 10.1. The van der Waals surface area contributed by atoms with Crippen LogP contribution in [-0.4, -0.2) is 15.3 Å². The van der Waals surface area contributed by atoms with Crippen LogP contribution in [0.1, 0.15) is 0 Å². The van der Waals surface area contributed by atoms with Crippen LogP contribution in [0.25, 0.3) is 0 Å². The minimum absolute atomic E-state index is 1.33. The summed E-state index contributed by atoms with van der Waals surface area (Å²) in [5.41, 5.74) is 7.54. The van der Waals surface area contributed by atoms with Crippen molar-refractivity contribution in [3.05, 3.63) is 91.0 Å². The van der Waals surface area contributed by atoms with E-state index in [1.165, 1.54) is 15.9 Å². The highest BCUT2D eigenvalue weighted by Gasteiger charge is 2.44. The molecule has 3 rings (SSSR count). The Hall–Kier alpha value is -2.35. The lowest BCUT2D eigenvalue weighted by atomic mass is 10.3. The highest BCUT2D eigenvalue weighted by atomic mass is 31.2. The van der Waals surface area contributed by atoms with Crippen LogP contribution in [0.2, 0.25) is 19.6 Å². The minimum atomic E-state index is -6.00. The highest BCUT2D eigenvalue weighted by molar-refractivity contribution is 7.99. The standard InChI is InChI=1S/C23H24PSi.BF4/c1-25(2,3)20-19-24(21-13-7-4-8-14-21,22-15-9-5-10-16-22)23-17-11-6-12-18-23;2-1(3,4)5/h4-18H,1-3H3;/q+1;-1. The van der Waals surface area contributed by atoms with Gasteiger partial charge in [-0.3, -0.25) is 0 Å². The van der Waals surface area contributed by atoms with E-state index >= 15 is 0 Å². The summed E-state index contributed by atoms with van der Waals surface area (Å²) in [5.74, 6) is 0. The van der Waals surface area contributed by atoms with Crippen LogP contribution < -0.4 is 15.9 Å². The molecule has 0 aliphatic rings.